The van der Waals surface area contributed by atoms with Gasteiger partial charge in [0, 0.05) is 29.8 Å². The Bertz CT molecular complexity index is 366. The first-order chi connectivity index (χ1) is 8.70. The van der Waals surface area contributed by atoms with Crippen LogP contribution in [0.2, 0.25) is 0 Å². The molecule has 18 heavy (non-hydrogen) atoms. The molecule has 1 fully saturated rings. The van der Waals surface area contributed by atoms with Crippen molar-refractivity contribution < 1.29 is 0 Å². The molecule has 1 heterocycles. The molecule has 1 N–H and O–H groups in total. The first-order valence-electron chi connectivity index (χ1n) is 6.56. The number of hydrogen-bond acceptors (Lipinski definition) is 3. The third-order valence-corrected chi connectivity index (χ3v) is 4.03. The van der Waals surface area contributed by atoms with E-state index in [2.05, 4.69) is 62.4 Å². The average Bonchev–Trinajstić information content (AvgIpc) is 2.53. The van der Waals surface area contributed by atoms with Crippen LogP contribution in [0.3, 0.4) is 0 Å². The van der Waals surface area contributed by atoms with Crippen LogP contribution in [0.25, 0.3) is 0 Å². The van der Waals surface area contributed by atoms with Gasteiger partial charge < -0.3 is 15.1 Å². The van der Waals surface area contributed by atoms with Crippen molar-refractivity contribution in [2.24, 2.45) is 0 Å². The van der Waals surface area contributed by atoms with Gasteiger partial charge in [-0.3, -0.25) is 0 Å². The van der Waals surface area contributed by atoms with Crippen molar-refractivity contribution in [3.63, 3.8) is 0 Å². The molecule has 1 aliphatic rings. The Labute approximate surface area is 118 Å². The molecule has 0 spiro atoms. The molecule has 1 aromatic rings. The second-order valence-corrected chi connectivity index (χ2v) is 5.91. The predicted octanol–water partition coefficient (Wildman–Crippen LogP) is 2.18. The van der Waals surface area contributed by atoms with Crippen LogP contribution in [0, 0.1) is 0 Å². The summed E-state index contributed by atoms with van der Waals surface area (Å²) in [7, 11) is 4.25. The molecule has 0 amide bonds. The van der Waals surface area contributed by atoms with E-state index in [0.29, 0.717) is 6.04 Å². The van der Waals surface area contributed by atoms with Crippen molar-refractivity contribution >= 4 is 21.6 Å². The smallest absolute Gasteiger partial charge is 0.0541 e. The van der Waals surface area contributed by atoms with E-state index < -0.39 is 0 Å². The summed E-state index contributed by atoms with van der Waals surface area (Å²) >= 11 is 3.50. The average molecular weight is 312 g/mol. The van der Waals surface area contributed by atoms with Gasteiger partial charge in [0.15, 0.2) is 0 Å². The van der Waals surface area contributed by atoms with Crippen LogP contribution in [0.4, 0.5) is 5.69 Å². The molecule has 1 unspecified atom stereocenters. The fourth-order valence-corrected chi connectivity index (χ4v) is 2.89. The van der Waals surface area contributed by atoms with E-state index in [0.717, 1.165) is 24.1 Å². The van der Waals surface area contributed by atoms with E-state index in [4.69, 9.17) is 0 Å². The third kappa shape index (κ3) is 3.46. The van der Waals surface area contributed by atoms with Crippen LogP contribution in [-0.4, -0.2) is 51.2 Å². The monoisotopic (exact) mass is 311 g/mol. The van der Waals surface area contributed by atoms with Gasteiger partial charge in [-0.25, -0.2) is 0 Å². The first-order valence-corrected chi connectivity index (χ1v) is 7.35. The van der Waals surface area contributed by atoms with Gasteiger partial charge in [-0.15, -0.1) is 0 Å². The zero-order chi connectivity index (χ0) is 13.0. The second-order valence-electron chi connectivity index (χ2n) is 5.00. The van der Waals surface area contributed by atoms with Crippen LogP contribution < -0.4 is 10.2 Å². The maximum atomic E-state index is 3.50. The molecule has 4 heteroatoms. The van der Waals surface area contributed by atoms with Crippen molar-refractivity contribution in [1.82, 2.24) is 10.2 Å². The first kappa shape index (κ1) is 13.8. The van der Waals surface area contributed by atoms with E-state index in [1.807, 2.05) is 7.05 Å². The van der Waals surface area contributed by atoms with Crippen LogP contribution >= 0.6 is 15.9 Å². The van der Waals surface area contributed by atoms with Crippen LogP contribution in [-0.2, 0) is 0 Å². The largest absolute Gasteiger partial charge is 0.366 e. The van der Waals surface area contributed by atoms with Crippen molar-refractivity contribution in [3.05, 3.63) is 28.7 Å². The van der Waals surface area contributed by atoms with Crippen LogP contribution in [0.1, 0.15) is 6.42 Å². The fraction of sp³-hybridized carbons (Fsp3) is 0.571. The van der Waals surface area contributed by atoms with Gasteiger partial charge in [-0.1, -0.05) is 15.9 Å². The lowest BCUT2D eigenvalue weighted by atomic mass is 10.2. The number of anilines is 1. The van der Waals surface area contributed by atoms with Crippen molar-refractivity contribution in [2.45, 2.75) is 12.5 Å². The lowest BCUT2D eigenvalue weighted by Crippen LogP contribution is -2.46. The highest BCUT2D eigenvalue weighted by Crippen LogP contribution is 2.22. The fourth-order valence-electron chi connectivity index (χ4n) is 2.63. The highest BCUT2D eigenvalue weighted by atomic mass is 79.9. The van der Waals surface area contributed by atoms with Crippen molar-refractivity contribution in [2.75, 3.05) is 45.2 Å². The molecule has 2 rings (SSSR count). The Morgan fingerprint density at radius 2 is 2.00 bits per heavy atom. The number of nitrogens with one attached hydrogen (secondary N) is 1. The number of hydrogen-bond donors (Lipinski definition) is 1. The summed E-state index contributed by atoms with van der Waals surface area (Å²) in [4.78, 5) is 4.97. The van der Waals surface area contributed by atoms with Crippen molar-refractivity contribution in [3.8, 4) is 0 Å². The number of nitrogens with zero attached hydrogens (tertiary/aromatic N) is 2. The minimum atomic E-state index is 0.545. The molecular formula is C14H22BrN3. The molecule has 0 saturated carbocycles. The minimum Gasteiger partial charge on any atom is -0.366 e. The highest BCUT2D eigenvalue weighted by Gasteiger charge is 2.22. The Morgan fingerprint density at radius 3 is 2.67 bits per heavy atom. The lowest BCUT2D eigenvalue weighted by molar-refractivity contribution is 0.328. The van der Waals surface area contributed by atoms with Crippen LogP contribution in [0.5, 0.6) is 0 Å². The summed E-state index contributed by atoms with van der Waals surface area (Å²) in [6.07, 6.45) is 1.23. The van der Waals surface area contributed by atoms with Gasteiger partial charge >= 0.3 is 0 Å². The molecule has 0 radical (unpaired) electrons. The molecule has 100 valence electrons. The molecule has 1 aliphatic heterocycles. The van der Waals surface area contributed by atoms with E-state index in [1.54, 1.807) is 0 Å². The Kier molecular flexibility index (Phi) is 5.03. The zero-order valence-corrected chi connectivity index (χ0v) is 12.8. The number of rotatable bonds is 3. The summed E-state index contributed by atoms with van der Waals surface area (Å²) in [5.74, 6) is 0. The Balaban J connectivity index is 2.18. The predicted molar refractivity (Wildman–Crippen MR) is 81.3 cm³/mol. The molecule has 0 bridgehead atoms. The topological polar surface area (TPSA) is 18.5 Å². The van der Waals surface area contributed by atoms with E-state index in [9.17, 15) is 0 Å². The van der Waals surface area contributed by atoms with E-state index in [1.165, 1.54) is 18.7 Å². The standard InChI is InChI=1S/C14H22BrN3/c1-16-10-14-11-17(2)8-3-9-18(14)13-6-4-12(15)5-7-13/h4-7,14,16H,3,8-11H2,1-2H3. The van der Waals surface area contributed by atoms with Gasteiger partial charge in [-0.05, 0) is 51.3 Å². The normalized spacial score (nSPS) is 21.9. The van der Waals surface area contributed by atoms with Crippen molar-refractivity contribution in [1.29, 1.82) is 0 Å². The summed E-state index contributed by atoms with van der Waals surface area (Å²) in [5.41, 5.74) is 1.33. The lowest BCUT2D eigenvalue weighted by Gasteiger charge is -2.33. The quantitative estimate of drug-likeness (QED) is 0.923. The molecular weight excluding hydrogens is 290 g/mol. The molecule has 1 atom stereocenters. The summed E-state index contributed by atoms with van der Waals surface area (Å²) in [5, 5.41) is 3.32. The zero-order valence-electron chi connectivity index (χ0n) is 11.2. The van der Waals surface area contributed by atoms with Gasteiger partial charge in [0.1, 0.15) is 0 Å². The number of halogens is 1. The number of benzene rings is 1. The molecule has 0 aliphatic carbocycles. The Morgan fingerprint density at radius 1 is 1.28 bits per heavy atom. The highest BCUT2D eigenvalue weighted by molar-refractivity contribution is 9.10. The SMILES string of the molecule is CNCC1CN(C)CCCN1c1ccc(Br)cc1. The van der Waals surface area contributed by atoms with Gasteiger partial charge in [0.25, 0.3) is 0 Å². The summed E-state index contributed by atoms with van der Waals surface area (Å²) in [6, 6.07) is 9.21. The molecule has 0 aromatic heterocycles. The Hall–Kier alpha value is -0.580. The van der Waals surface area contributed by atoms with E-state index >= 15 is 0 Å². The maximum absolute atomic E-state index is 3.50. The van der Waals surface area contributed by atoms with Crippen LogP contribution in [0.15, 0.2) is 28.7 Å². The minimum absolute atomic E-state index is 0.545. The second kappa shape index (κ2) is 6.55. The summed E-state index contributed by atoms with van der Waals surface area (Å²) < 4.78 is 1.14. The van der Waals surface area contributed by atoms with Gasteiger partial charge in [-0.2, -0.15) is 0 Å². The van der Waals surface area contributed by atoms with Gasteiger partial charge in [0.2, 0.25) is 0 Å². The number of likely N-dealkylation sites (N-methyl/N-ethyl adjacent to an activating group) is 2. The molecule has 1 saturated heterocycles. The molecule has 3 nitrogen and oxygen atoms in total. The summed E-state index contributed by atoms with van der Waals surface area (Å²) in [6.45, 7) is 4.48. The van der Waals surface area contributed by atoms with E-state index in [-0.39, 0.29) is 0 Å². The third-order valence-electron chi connectivity index (χ3n) is 3.50. The maximum Gasteiger partial charge on any atom is 0.0541 e. The van der Waals surface area contributed by atoms with Gasteiger partial charge in [0.05, 0.1) is 6.04 Å². The molecule has 1 aromatic carbocycles.